The van der Waals surface area contributed by atoms with Crippen LogP contribution in [0.2, 0.25) is 0 Å². The second-order valence-electron chi connectivity index (χ2n) is 6.34. The van der Waals surface area contributed by atoms with Gasteiger partial charge >= 0.3 is 5.97 Å². The maximum atomic E-state index is 12.3. The van der Waals surface area contributed by atoms with Crippen LogP contribution in [0.25, 0.3) is 0 Å². The number of hydrogen-bond donors (Lipinski definition) is 2. The van der Waals surface area contributed by atoms with Gasteiger partial charge in [0.1, 0.15) is 0 Å². The van der Waals surface area contributed by atoms with Gasteiger partial charge in [-0.1, -0.05) is 49.6 Å². The van der Waals surface area contributed by atoms with E-state index in [4.69, 9.17) is 5.11 Å². The van der Waals surface area contributed by atoms with Crippen LogP contribution in [0.4, 0.5) is 0 Å². The molecule has 0 bridgehead atoms. The van der Waals surface area contributed by atoms with E-state index in [-0.39, 0.29) is 18.2 Å². The molecule has 0 aliphatic heterocycles. The molecule has 1 atom stereocenters. The first-order valence-electron chi connectivity index (χ1n) is 8.20. The molecule has 0 radical (unpaired) electrons. The number of carbonyl (C=O) groups is 1. The van der Waals surface area contributed by atoms with Crippen LogP contribution >= 0.6 is 0 Å². The van der Waals surface area contributed by atoms with Crippen LogP contribution in [-0.4, -0.2) is 31.3 Å². The van der Waals surface area contributed by atoms with Crippen molar-refractivity contribution in [3.8, 4) is 0 Å². The van der Waals surface area contributed by atoms with Crippen molar-refractivity contribution in [3.63, 3.8) is 0 Å². The molecule has 0 aromatic heterocycles. The van der Waals surface area contributed by atoms with Gasteiger partial charge < -0.3 is 5.11 Å². The number of carboxylic acids is 1. The average molecular weight is 339 g/mol. The highest BCUT2D eigenvalue weighted by Gasteiger charge is 2.23. The number of carboxylic acid groups (broad SMARTS) is 1. The summed E-state index contributed by atoms with van der Waals surface area (Å²) in [5.74, 6) is -0.231. The lowest BCUT2D eigenvalue weighted by Crippen LogP contribution is -2.38. The SMILES string of the molecule is O=C(O)CCC(Cc1ccccc1)NS(=O)(=O)CCC1CCC1. The Hall–Kier alpha value is -1.40. The van der Waals surface area contributed by atoms with Crippen molar-refractivity contribution >= 4 is 16.0 Å². The van der Waals surface area contributed by atoms with Crippen molar-refractivity contribution in [2.75, 3.05) is 5.75 Å². The molecule has 0 heterocycles. The molecule has 0 spiro atoms. The zero-order chi connectivity index (χ0) is 16.7. The van der Waals surface area contributed by atoms with Gasteiger partial charge in [-0.3, -0.25) is 4.79 Å². The Morgan fingerprint density at radius 3 is 2.52 bits per heavy atom. The van der Waals surface area contributed by atoms with Crippen LogP contribution in [0.3, 0.4) is 0 Å². The van der Waals surface area contributed by atoms with Crippen LogP contribution in [0.5, 0.6) is 0 Å². The number of aliphatic carboxylic acids is 1. The van der Waals surface area contributed by atoms with Crippen LogP contribution in [0.1, 0.15) is 44.1 Å². The van der Waals surface area contributed by atoms with Gasteiger partial charge in [0.15, 0.2) is 0 Å². The third-order valence-corrected chi connectivity index (χ3v) is 5.86. The standard InChI is InChI=1S/C17H25NO4S/c19-17(20)10-9-16(13-15-5-2-1-3-6-15)18-23(21,22)12-11-14-7-4-8-14/h1-3,5-6,14,16,18H,4,7-13H2,(H,19,20). The van der Waals surface area contributed by atoms with Crippen molar-refractivity contribution in [2.24, 2.45) is 5.92 Å². The maximum Gasteiger partial charge on any atom is 0.303 e. The van der Waals surface area contributed by atoms with E-state index in [0.29, 0.717) is 25.2 Å². The van der Waals surface area contributed by atoms with E-state index in [1.54, 1.807) is 0 Å². The summed E-state index contributed by atoms with van der Waals surface area (Å²) in [6.07, 6.45) is 4.93. The lowest BCUT2D eigenvalue weighted by atomic mass is 9.84. The molecule has 1 aromatic rings. The largest absolute Gasteiger partial charge is 0.481 e. The number of nitrogens with one attached hydrogen (secondary N) is 1. The summed E-state index contributed by atoms with van der Waals surface area (Å²) in [5.41, 5.74) is 1.00. The minimum absolute atomic E-state index is 0.0390. The van der Waals surface area contributed by atoms with Gasteiger partial charge in [-0.2, -0.15) is 0 Å². The Labute approximate surface area is 138 Å². The Bertz CT molecular complexity index is 596. The summed E-state index contributed by atoms with van der Waals surface area (Å²) in [4.78, 5) is 10.8. The molecule has 6 heteroatoms. The van der Waals surface area contributed by atoms with Crippen molar-refractivity contribution in [1.29, 1.82) is 0 Å². The molecule has 1 aliphatic rings. The predicted octanol–water partition coefficient (Wildman–Crippen LogP) is 2.57. The van der Waals surface area contributed by atoms with E-state index in [1.807, 2.05) is 30.3 Å². The van der Waals surface area contributed by atoms with Gasteiger partial charge in [-0.15, -0.1) is 0 Å². The highest BCUT2D eigenvalue weighted by molar-refractivity contribution is 7.89. The predicted molar refractivity (Wildman–Crippen MR) is 89.7 cm³/mol. The van der Waals surface area contributed by atoms with E-state index in [0.717, 1.165) is 18.4 Å². The van der Waals surface area contributed by atoms with E-state index < -0.39 is 16.0 Å². The molecule has 1 fully saturated rings. The summed E-state index contributed by atoms with van der Waals surface area (Å²) in [7, 11) is -3.36. The third-order valence-electron chi connectivity index (χ3n) is 4.40. The summed E-state index contributed by atoms with van der Waals surface area (Å²) in [6, 6.07) is 9.18. The molecule has 128 valence electrons. The fraction of sp³-hybridized carbons (Fsp3) is 0.588. The molecular weight excluding hydrogens is 314 g/mol. The Morgan fingerprint density at radius 1 is 1.26 bits per heavy atom. The first kappa shape index (κ1) is 17.9. The van der Waals surface area contributed by atoms with Gasteiger partial charge in [-0.05, 0) is 30.7 Å². The van der Waals surface area contributed by atoms with Crippen molar-refractivity contribution < 1.29 is 18.3 Å². The maximum absolute atomic E-state index is 12.3. The minimum Gasteiger partial charge on any atom is -0.481 e. The summed E-state index contributed by atoms with van der Waals surface area (Å²) in [5, 5.41) is 8.87. The molecule has 5 nitrogen and oxygen atoms in total. The molecule has 2 N–H and O–H groups in total. The zero-order valence-corrected chi connectivity index (χ0v) is 14.1. The topological polar surface area (TPSA) is 83.5 Å². The smallest absolute Gasteiger partial charge is 0.303 e. The minimum atomic E-state index is -3.36. The zero-order valence-electron chi connectivity index (χ0n) is 13.3. The molecule has 23 heavy (non-hydrogen) atoms. The molecule has 1 aromatic carbocycles. The molecule has 0 amide bonds. The number of hydrogen-bond acceptors (Lipinski definition) is 3. The normalized spacial score (nSPS) is 16.7. The van der Waals surface area contributed by atoms with E-state index in [9.17, 15) is 13.2 Å². The Morgan fingerprint density at radius 2 is 1.96 bits per heavy atom. The second kappa shape index (κ2) is 8.45. The van der Waals surface area contributed by atoms with Gasteiger partial charge in [-0.25, -0.2) is 13.1 Å². The Balaban J connectivity index is 1.92. The number of benzene rings is 1. The van der Waals surface area contributed by atoms with E-state index >= 15 is 0 Å². The number of sulfonamides is 1. The first-order valence-corrected chi connectivity index (χ1v) is 9.85. The fourth-order valence-electron chi connectivity index (χ4n) is 2.82. The van der Waals surface area contributed by atoms with Crippen LogP contribution in [0.15, 0.2) is 30.3 Å². The molecule has 2 rings (SSSR count). The number of rotatable bonds is 10. The van der Waals surface area contributed by atoms with Crippen LogP contribution in [-0.2, 0) is 21.2 Å². The van der Waals surface area contributed by atoms with Crippen molar-refractivity contribution in [3.05, 3.63) is 35.9 Å². The molecular formula is C17H25NO4S. The summed E-state index contributed by atoms with van der Waals surface area (Å²) in [6.45, 7) is 0. The molecule has 1 unspecified atom stereocenters. The third kappa shape index (κ3) is 6.71. The van der Waals surface area contributed by atoms with Gasteiger partial charge in [0.05, 0.1) is 5.75 Å². The first-order chi connectivity index (χ1) is 10.9. The highest BCUT2D eigenvalue weighted by Crippen LogP contribution is 2.29. The summed E-state index contributed by atoms with van der Waals surface area (Å²) < 4.78 is 27.2. The van der Waals surface area contributed by atoms with Gasteiger partial charge in [0, 0.05) is 12.5 Å². The lowest BCUT2D eigenvalue weighted by Gasteiger charge is -2.25. The van der Waals surface area contributed by atoms with Crippen molar-refractivity contribution in [1.82, 2.24) is 4.72 Å². The van der Waals surface area contributed by atoms with Crippen LogP contribution < -0.4 is 4.72 Å². The fourth-order valence-corrected chi connectivity index (χ4v) is 4.29. The molecule has 1 saturated carbocycles. The molecule has 1 aliphatic carbocycles. The van der Waals surface area contributed by atoms with Gasteiger partial charge in [0.2, 0.25) is 10.0 Å². The average Bonchev–Trinajstić information content (AvgIpc) is 2.43. The van der Waals surface area contributed by atoms with Crippen molar-refractivity contribution in [2.45, 2.75) is 51.0 Å². The second-order valence-corrected chi connectivity index (χ2v) is 8.21. The lowest BCUT2D eigenvalue weighted by molar-refractivity contribution is -0.137. The summed E-state index contributed by atoms with van der Waals surface area (Å²) >= 11 is 0. The van der Waals surface area contributed by atoms with Crippen LogP contribution in [0, 0.1) is 5.92 Å². The van der Waals surface area contributed by atoms with Gasteiger partial charge in [0.25, 0.3) is 0 Å². The Kier molecular flexibility index (Phi) is 6.59. The monoisotopic (exact) mass is 339 g/mol. The quantitative estimate of drug-likeness (QED) is 0.686. The molecule has 0 saturated heterocycles. The van der Waals surface area contributed by atoms with E-state index in [2.05, 4.69) is 4.72 Å². The van der Waals surface area contributed by atoms with E-state index in [1.165, 1.54) is 6.42 Å². The highest BCUT2D eigenvalue weighted by atomic mass is 32.2.